The Hall–Kier alpha value is -2.05. The van der Waals surface area contributed by atoms with Crippen LogP contribution < -0.4 is 5.32 Å². The number of carbonyl (C=O) groups is 3. The lowest BCUT2D eigenvalue weighted by Crippen LogP contribution is -2.43. The number of esters is 2. The van der Waals surface area contributed by atoms with Crippen molar-refractivity contribution >= 4 is 18.0 Å². The topological polar surface area (TPSA) is 90.9 Å². The maximum absolute atomic E-state index is 12.0. The number of hydrogen-bond donors (Lipinski definition) is 1. The quantitative estimate of drug-likeness (QED) is 0.434. The van der Waals surface area contributed by atoms with E-state index in [4.69, 9.17) is 9.47 Å². The molecule has 0 aromatic heterocycles. The molecule has 0 heterocycles. The van der Waals surface area contributed by atoms with Crippen LogP contribution in [0.4, 0.5) is 4.79 Å². The first kappa shape index (κ1) is 20.0. The van der Waals surface area contributed by atoms with E-state index in [2.05, 4.69) is 10.1 Å². The van der Waals surface area contributed by atoms with Crippen LogP contribution in [-0.2, 0) is 23.8 Å². The molecule has 1 fully saturated rings. The molecule has 1 saturated carbocycles. The molecule has 24 heavy (non-hydrogen) atoms. The van der Waals surface area contributed by atoms with Crippen molar-refractivity contribution in [1.82, 2.24) is 5.32 Å². The van der Waals surface area contributed by atoms with Crippen molar-refractivity contribution in [3.05, 3.63) is 12.2 Å². The van der Waals surface area contributed by atoms with Gasteiger partial charge in [-0.15, -0.1) is 0 Å². The van der Waals surface area contributed by atoms with Crippen LogP contribution in [0.15, 0.2) is 12.2 Å². The Kier molecular flexibility index (Phi) is 8.89. The fourth-order valence-electron chi connectivity index (χ4n) is 2.34. The molecule has 0 bridgehead atoms. The van der Waals surface area contributed by atoms with Crippen molar-refractivity contribution < 1.29 is 28.6 Å². The van der Waals surface area contributed by atoms with Gasteiger partial charge in [-0.05, 0) is 31.6 Å². The van der Waals surface area contributed by atoms with Crippen LogP contribution in [-0.4, -0.2) is 43.9 Å². The van der Waals surface area contributed by atoms with Gasteiger partial charge in [0.15, 0.2) is 0 Å². The van der Waals surface area contributed by atoms with E-state index >= 15 is 0 Å². The Morgan fingerprint density at radius 1 is 1.08 bits per heavy atom. The fraction of sp³-hybridized carbons (Fsp3) is 0.706. The molecule has 1 amide bonds. The number of amides is 1. The number of methoxy groups -OCH3 is 1. The van der Waals surface area contributed by atoms with Crippen LogP contribution >= 0.6 is 0 Å². The van der Waals surface area contributed by atoms with E-state index in [1.807, 2.05) is 13.8 Å². The van der Waals surface area contributed by atoms with Gasteiger partial charge in [0.2, 0.25) is 0 Å². The second-order valence-corrected chi connectivity index (χ2v) is 6.15. The summed E-state index contributed by atoms with van der Waals surface area (Å²) in [5.74, 6) is -1.25. The summed E-state index contributed by atoms with van der Waals surface area (Å²) in [6.07, 6.45) is 6.59. The molecule has 0 aromatic rings. The fourth-order valence-corrected chi connectivity index (χ4v) is 2.34. The molecule has 1 N–H and O–H groups in total. The van der Waals surface area contributed by atoms with Gasteiger partial charge in [-0.25, -0.2) is 14.4 Å². The van der Waals surface area contributed by atoms with Gasteiger partial charge in [0.05, 0.1) is 13.2 Å². The van der Waals surface area contributed by atoms with E-state index < -0.39 is 18.0 Å². The second-order valence-electron chi connectivity index (χ2n) is 6.15. The zero-order valence-electron chi connectivity index (χ0n) is 14.6. The van der Waals surface area contributed by atoms with E-state index in [9.17, 15) is 14.4 Å². The minimum atomic E-state index is -0.673. The predicted octanol–water partition coefficient (Wildman–Crippen LogP) is 2.34. The van der Waals surface area contributed by atoms with Crippen LogP contribution in [0.2, 0.25) is 0 Å². The molecule has 0 unspecified atom stereocenters. The molecule has 0 aromatic carbocycles. The molecular formula is C17H27NO6. The van der Waals surface area contributed by atoms with Gasteiger partial charge in [-0.3, -0.25) is 0 Å². The Morgan fingerprint density at radius 3 is 2.29 bits per heavy atom. The second kappa shape index (κ2) is 10.7. The SMILES string of the molecule is COC(=O)/C=C/C(=O)OC[C@H](NC(=O)OC1CCCCC1)C(C)C. The van der Waals surface area contributed by atoms with E-state index in [-0.39, 0.29) is 24.7 Å². The average Bonchev–Trinajstić information content (AvgIpc) is 2.56. The summed E-state index contributed by atoms with van der Waals surface area (Å²) in [5, 5.41) is 2.74. The lowest BCUT2D eigenvalue weighted by atomic mass is 9.98. The summed E-state index contributed by atoms with van der Waals surface area (Å²) in [6, 6.07) is -0.364. The molecular weight excluding hydrogens is 314 g/mol. The minimum absolute atomic E-state index is 0.00177. The number of alkyl carbamates (subject to hydrolysis) is 1. The van der Waals surface area contributed by atoms with E-state index in [1.54, 1.807) is 0 Å². The molecule has 7 nitrogen and oxygen atoms in total. The van der Waals surface area contributed by atoms with E-state index in [0.29, 0.717) is 0 Å². The molecule has 136 valence electrons. The first-order valence-corrected chi connectivity index (χ1v) is 8.32. The largest absolute Gasteiger partial charge is 0.466 e. The van der Waals surface area contributed by atoms with Crippen molar-refractivity contribution in [2.24, 2.45) is 5.92 Å². The number of nitrogens with one attached hydrogen (secondary N) is 1. The summed E-state index contributed by atoms with van der Waals surface area (Å²) >= 11 is 0. The van der Waals surface area contributed by atoms with Gasteiger partial charge in [0.1, 0.15) is 12.7 Å². The first-order valence-electron chi connectivity index (χ1n) is 8.32. The van der Waals surface area contributed by atoms with Crippen molar-refractivity contribution in [1.29, 1.82) is 0 Å². The average molecular weight is 341 g/mol. The monoisotopic (exact) mass is 341 g/mol. The number of ether oxygens (including phenoxy) is 3. The van der Waals surface area contributed by atoms with Crippen molar-refractivity contribution in [3.63, 3.8) is 0 Å². The summed E-state index contributed by atoms with van der Waals surface area (Å²) < 4.78 is 14.8. The normalized spacial score (nSPS) is 16.7. The third kappa shape index (κ3) is 7.99. The maximum atomic E-state index is 12.0. The van der Waals surface area contributed by atoms with Gasteiger partial charge >= 0.3 is 18.0 Å². The molecule has 1 aliphatic carbocycles. The zero-order valence-corrected chi connectivity index (χ0v) is 14.6. The number of carbonyl (C=O) groups excluding carboxylic acids is 3. The first-order chi connectivity index (χ1) is 11.4. The van der Waals surface area contributed by atoms with Crippen molar-refractivity contribution in [3.8, 4) is 0 Å². The smallest absolute Gasteiger partial charge is 0.407 e. The third-order valence-corrected chi connectivity index (χ3v) is 3.90. The molecule has 0 radical (unpaired) electrons. The lowest BCUT2D eigenvalue weighted by Gasteiger charge is -2.25. The zero-order chi connectivity index (χ0) is 17.9. The van der Waals surface area contributed by atoms with Crippen molar-refractivity contribution in [2.75, 3.05) is 13.7 Å². The number of rotatable bonds is 7. The molecule has 1 rings (SSSR count). The number of hydrogen-bond acceptors (Lipinski definition) is 6. The summed E-state index contributed by atoms with van der Waals surface area (Å²) in [4.78, 5) is 34.4. The summed E-state index contributed by atoms with van der Waals surface area (Å²) in [7, 11) is 1.22. The van der Waals surface area contributed by atoms with Crippen LogP contribution in [0.3, 0.4) is 0 Å². The molecule has 1 aliphatic rings. The third-order valence-electron chi connectivity index (χ3n) is 3.90. The Morgan fingerprint density at radius 2 is 1.71 bits per heavy atom. The van der Waals surface area contributed by atoms with Gasteiger partial charge < -0.3 is 19.5 Å². The minimum Gasteiger partial charge on any atom is -0.466 e. The summed E-state index contributed by atoms with van der Waals surface area (Å²) in [6.45, 7) is 3.81. The van der Waals surface area contributed by atoms with Crippen molar-refractivity contribution in [2.45, 2.75) is 58.1 Å². The van der Waals surface area contributed by atoms with E-state index in [0.717, 1.165) is 37.8 Å². The lowest BCUT2D eigenvalue weighted by molar-refractivity contribution is -0.140. The predicted molar refractivity (Wildman–Crippen MR) is 87.2 cm³/mol. The highest BCUT2D eigenvalue weighted by molar-refractivity contribution is 5.91. The molecule has 7 heteroatoms. The Balaban J connectivity index is 2.40. The molecule has 0 aliphatic heterocycles. The molecule has 0 saturated heterocycles. The Bertz CT molecular complexity index is 454. The molecule has 0 spiro atoms. The van der Waals surface area contributed by atoms with Gasteiger partial charge in [-0.1, -0.05) is 20.3 Å². The highest BCUT2D eigenvalue weighted by atomic mass is 16.6. The highest BCUT2D eigenvalue weighted by Crippen LogP contribution is 2.20. The summed E-state index contributed by atoms with van der Waals surface area (Å²) in [5.41, 5.74) is 0. The maximum Gasteiger partial charge on any atom is 0.407 e. The van der Waals surface area contributed by atoms with Gasteiger partial charge in [-0.2, -0.15) is 0 Å². The Labute approximate surface area is 142 Å². The standard InChI is InChI=1S/C17H27NO6/c1-12(2)14(11-23-16(20)10-9-15(19)22-3)18-17(21)24-13-7-5-4-6-8-13/h9-10,12-14H,4-8,11H2,1-3H3,(H,18,21)/b10-9+/t14-/m0/s1. The highest BCUT2D eigenvalue weighted by Gasteiger charge is 2.22. The van der Waals surface area contributed by atoms with Crippen LogP contribution in [0.1, 0.15) is 46.0 Å². The molecule has 1 atom stereocenters. The van der Waals surface area contributed by atoms with Crippen LogP contribution in [0.25, 0.3) is 0 Å². The van der Waals surface area contributed by atoms with Crippen LogP contribution in [0.5, 0.6) is 0 Å². The van der Waals surface area contributed by atoms with Crippen LogP contribution in [0, 0.1) is 5.92 Å². The van der Waals surface area contributed by atoms with Gasteiger partial charge in [0.25, 0.3) is 0 Å². The van der Waals surface area contributed by atoms with Gasteiger partial charge in [0, 0.05) is 12.2 Å². The van der Waals surface area contributed by atoms with E-state index in [1.165, 1.54) is 13.5 Å².